The van der Waals surface area contributed by atoms with Gasteiger partial charge in [0.2, 0.25) is 0 Å². The van der Waals surface area contributed by atoms with Gasteiger partial charge in [0.05, 0.1) is 0 Å². The minimum atomic E-state index is 0.660. The molecule has 1 saturated carbocycles. The summed E-state index contributed by atoms with van der Waals surface area (Å²) in [5.41, 5.74) is 1.31. The molecule has 1 aromatic heterocycles. The van der Waals surface area contributed by atoms with Crippen LogP contribution in [0.2, 0.25) is 0 Å². The Morgan fingerprint density at radius 3 is 3.00 bits per heavy atom. The maximum Gasteiger partial charge on any atom is 0.0410 e. The topological polar surface area (TPSA) is 12.9 Å². The normalized spacial score (nSPS) is 27.2. The lowest BCUT2D eigenvalue weighted by Gasteiger charge is -1.97. The lowest BCUT2D eigenvalue weighted by atomic mass is 10.2. The summed E-state index contributed by atoms with van der Waals surface area (Å²) in [6.07, 6.45) is 4.96. The van der Waals surface area contributed by atoms with Gasteiger partial charge in [-0.1, -0.05) is 0 Å². The summed E-state index contributed by atoms with van der Waals surface area (Å²) in [6.45, 7) is 0. The van der Waals surface area contributed by atoms with Crippen LogP contribution in [0, 0.1) is 5.92 Å². The largest absolute Gasteiger partial charge is 0.263 e. The number of halogens is 2. The Morgan fingerprint density at radius 2 is 2.42 bits per heavy atom. The molecule has 64 valence electrons. The first-order chi connectivity index (χ1) is 5.81. The summed E-state index contributed by atoms with van der Waals surface area (Å²) < 4.78 is 1.06. The highest BCUT2D eigenvalue weighted by atomic mass is 79.9. The van der Waals surface area contributed by atoms with Crippen molar-refractivity contribution in [1.29, 1.82) is 0 Å². The van der Waals surface area contributed by atoms with Crippen LogP contribution in [0.5, 0.6) is 0 Å². The number of hydrogen-bond donors (Lipinski definition) is 0. The first kappa shape index (κ1) is 8.52. The predicted octanol–water partition coefficient (Wildman–Crippen LogP) is 3.19. The summed E-state index contributed by atoms with van der Waals surface area (Å²) >= 11 is 9.16. The molecule has 2 rings (SSSR count). The van der Waals surface area contributed by atoms with Crippen LogP contribution in [-0.4, -0.2) is 10.9 Å². The average molecular weight is 247 g/mol. The minimum absolute atomic E-state index is 0.660. The molecule has 0 aliphatic heterocycles. The van der Waals surface area contributed by atoms with Gasteiger partial charge in [0.25, 0.3) is 0 Å². The second-order valence-electron chi connectivity index (χ2n) is 3.19. The molecule has 0 radical (unpaired) electrons. The van der Waals surface area contributed by atoms with Crippen LogP contribution in [0.25, 0.3) is 0 Å². The second kappa shape index (κ2) is 3.35. The zero-order valence-electron chi connectivity index (χ0n) is 6.50. The van der Waals surface area contributed by atoms with E-state index in [0.717, 1.165) is 10.4 Å². The van der Waals surface area contributed by atoms with E-state index in [1.54, 1.807) is 0 Å². The van der Waals surface area contributed by atoms with Crippen molar-refractivity contribution in [2.24, 2.45) is 5.92 Å². The molecule has 3 heteroatoms. The zero-order chi connectivity index (χ0) is 8.55. The Balaban J connectivity index is 2.14. The van der Waals surface area contributed by atoms with Crippen molar-refractivity contribution in [3.05, 3.63) is 28.5 Å². The zero-order valence-corrected chi connectivity index (χ0v) is 8.85. The van der Waals surface area contributed by atoms with E-state index in [2.05, 4.69) is 27.0 Å². The number of nitrogens with zero attached hydrogens (tertiary/aromatic N) is 1. The van der Waals surface area contributed by atoms with Crippen LogP contribution in [0.4, 0.5) is 0 Å². The molecule has 2 unspecified atom stereocenters. The van der Waals surface area contributed by atoms with Gasteiger partial charge >= 0.3 is 0 Å². The number of pyridine rings is 1. The summed E-state index contributed by atoms with van der Waals surface area (Å²) in [4.78, 5) is 4.12. The van der Waals surface area contributed by atoms with Crippen molar-refractivity contribution < 1.29 is 0 Å². The Kier molecular flexibility index (Phi) is 2.37. The molecule has 0 bridgehead atoms. The van der Waals surface area contributed by atoms with Gasteiger partial charge in [-0.05, 0) is 45.8 Å². The Bertz CT molecular complexity index is 290. The molecule has 0 spiro atoms. The first-order valence-corrected chi connectivity index (χ1v) is 5.30. The van der Waals surface area contributed by atoms with Crippen LogP contribution >= 0.6 is 27.5 Å². The van der Waals surface area contributed by atoms with E-state index >= 15 is 0 Å². The van der Waals surface area contributed by atoms with Crippen LogP contribution < -0.4 is 0 Å². The van der Waals surface area contributed by atoms with Gasteiger partial charge in [0, 0.05) is 22.7 Å². The SMILES string of the molecule is ClCC1CC1c1cncc(Br)c1. The van der Waals surface area contributed by atoms with Gasteiger partial charge in [0.1, 0.15) is 0 Å². The highest BCUT2D eigenvalue weighted by molar-refractivity contribution is 9.10. The molecule has 2 atom stereocenters. The molecule has 1 aromatic rings. The first-order valence-electron chi connectivity index (χ1n) is 3.97. The van der Waals surface area contributed by atoms with Gasteiger partial charge in [-0.15, -0.1) is 11.6 Å². The fraction of sp³-hybridized carbons (Fsp3) is 0.444. The van der Waals surface area contributed by atoms with Gasteiger partial charge in [-0.25, -0.2) is 0 Å². The van der Waals surface area contributed by atoms with Crippen molar-refractivity contribution in [2.75, 3.05) is 5.88 Å². The smallest absolute Gasteiger partial charge is 0.0410 e. The minimum Gasteiger partial charge on any atom is -0.263 e. The fourth-order valence-corrected chi connectivity index (χ4v) is 2.18. The Morgan fingerprint density at radius 1 is 1.58 bits per heavy atom. The van der Waals surface area contributed by atoms with E-state index in [9.17, 15) is 0 Å². The quantitative estimate of drug-likeness (QED) is 0.731. The maximum absolute atomic E-state index is 5.75. The van der Waals surface area contributed by atoms with E-state index in [-0.39, 0.29) is 0 Å². The van der Waals surface area contributed by atoms with Crippen molar-refractivity contribution >= 4 is 27.5 Å². The second-order valence-corrected chi connectivity index (χ2v) is 4.42. The lowest BCUT2D eigenvalue weighted by Crippen LogP contribution is -1.85. The molecule has 1 aliphatic carbocycles. The van der Waals surface area contributed by atoms with Crippen molar-refractivity contribution in [1.82, 2.24) is 4.98 Å². The van der Waals surface area contributed by atoms with Crippen LogP contribution in [0.15, 0.2) is 22.9 Å². The van der Waals surface area contributed by atoms with Crippen molar-refractivity contribution in [3.63, 3.8) is 0 Å². The van der Waals surface area contributed by atoms with Gasteiger partial charge in [-0.2, -0.15) is 0 Å². The molecule has 1 aliphatic rings. The van der Waals surface area contributed by atoms with Crippen LogP contribution in [0.3, 0.4) is 0 Å². The highest BCUT2D eigenvalue weighted by Gasteiger charge is 2.37. The molecule has 0 N–H and O–H groups in total. The van der Waals surface area contributed by atoms with E-state index in [1.807, 2.05) is 12.4 Å². The molecule has 0 aromatic carbocycles. The molecule has 1 fully saturated rings. The van der Waals surface area contributed by atoms with Crippen LogP contribution in [-0.2, 0) is 0 Å². The van der Waals surface area contributed by atoms with E-state index < -0.39 is 0 Å². The number of alkyl halides is 1. The monoisotopic (exact) mass is 245 g/mol. The average Bonchev–Trinajstić information content (AvgIpc) is 2.83. The van der Waals surface area contributed by atoms with E-state index in [4.69, 9.17) is 11.6 Å². The molecule has 0 saturated heterocycles. The summed E-state index contributed by atoms with van der Waals surface area (Å²) in [6, 6.07) is 2.13. The Hall–Kier alpha value is -0.0800. The number of rotatable bonds is 2. The summed E-state index contributed by atoms with van der Waals surface area (Å²) in [5.74, 6) is 2.12. The third kappa shape index (κ3) is 1.64. The third-order valence-corrected chi connectivity index (χ3v) is 3.11. The number of hydrogen-bond acceptors (Lipinski definition) is 1. The summed E-state index contributed by atoms with van der Waals surface area (Å²) in [5, 5.41) is 0. The number of aromatic nitrogens is 1. The predicted molar refractivity (Wildman–Crippen MR) is 53.5 cm³/mol. The Labute approximate surface area is 85.3 Å². The molecular weight excluding hydrogens is 237 g/mol. The lowest BCUT2D eigenvalue weighted by molar-refractivity contribution is 0.916. The summed E-state index contributed by atoms with van der Waals surface area (Å²) in [7, 11) is 0. The standard InChI is InChI=1S/C9H9BrClN/c10-8-1-7(4-12-5-8)9-2-6(9)3-11/h1,4-6,9H,2-3H2. The molecule has 1 nitrogen and oxygen atoms in total. The molecular formula is C9H9BrClN. The van der Waals surface area contributed by atoms with Gasteiger partial charge < -0.3 is 0 Å². The van der Waals surface area contributed by atoms with E-state index in [0.29, 0.717) is 11.8 Å². The van der Waals surface area contributed by atoms with Crippen LogP contribution in [0.1, 0.15) is 17.9 Å². The fourth-order valence-electron chi connectivity index (χ4n) is 1.46. The third-order valence-electron chi connectivity index (χ3n) is 2.27. The maximum atomic E-state index is 5.75. The molecule has 0 amide bonds. The molecule has 12 heavy (non-hydrogen) atoms. The highest BCUT2D eigenvalue weighted by Crippen LogP contribution is 2.48. The van der Waals surface area contributed by atoms with Crippen molar-refractivity contribution in [2.45, 2.75) is 12.3 Å². The van der Waals surface area contributed by atoms with Gasteiger partial charge in [0.15, 0.2) is 0 Å². The van der Waals surface area contributed by atoms with Gasteiger partial charge in [-0.3, -0.25) is 4.98 Å². The van der Waals surface area contributed by atoms with E-state index in [1.165, 1.54) is 12.0 Å². The molecule has 1 heterocycles. The van der Waals surface area contributed by atoms with Crippen molar-refractivity contribution in [3.8, 4) is 0 Å².